The van der Waals surface area contributed by atoms with Gasteiger partial charge in [0.15, 0.2) is 5.69 Å². The lowest BCUT2D eigenvalue weighted by Crippen LogP contribution is -2.34. The van der Waals surface area contributed by atoms with Gasteiger partial charge >= 0.3 is 6.18 Å². The minimum Gasteiger partial charge on any atom is -0.496 e. The molecule has 3 rings (SSSR count). The number of methoxy groups -OCH3 is 1. The number of anilines is 1. The van der Waals surface area contributed by atoms with Gasteiger partial charge in [0, 0.05) is 36.7 Å². The summed E-state index contributed by atoms with van der Waals surface area (Å²) in [4.78, 5) is 13.0. The third kappa shape index (κ3) is 7.13. The van der Waals surface area contributed by atoms with Crippen LogP contribution in [0.15, 0.2) is 18.2 Å². The first-order valence-electron chi connectivity index (χ1n) is 12.5. The highest BCUT2D eigenvalue weighted by Gasteiger charge is 2.36. The third-order valence-electron chi connectivity index (χ3n) is 6.83. The van der Waals surface area contributed by atoms with Crippen molar-refractivity contribution < 1.29 is 31.1 Å². The second-order valence-corrected chi connectivity index (χ2v) is 12.4. The first kappa shape index (κ1) is 30.1. The molecule has 0 radical (unpaired) electrons. The van der Waals surface area contributed by atoms with Gasteiger partial charge in [0.05, 0.1) is 23.1 Å². The topological polar surface area (TPSA) is 102 Å². The van der Waals surface area contributed by atoms with Crippen molar-refractivity contribution in [2.75, 3.05) is 25.2 Å². The van der Waals surface area contributed by atoms with Crippen LogP contribution in [0.4, 0.5) is 18.9 Å². The minimum absolute atomic E-state index is 0.0369. The second kappa shape index (κ2) is 12.1. The Bertz CT molecular complexity index is 1240. The van der Waals surface area contributed by atoms with E-state index >= 15 is 0 Å². The van der Waals surface area contributed by atoms with Crippen molar-refractivity contribution in [1.29, 1.82) is 0 Å². The zero-order valence-corrected chi connectivity index (χ0v) is 23.4. The molecule has 38 heavy (non-hydrogen) atoms. The first-order chi connectivity index (χ1) is 17.8. The predicted octanol–water partition coefficient (Wildman–Crippen LogP) is 5.32. The lowest BCUT2D eigenvalue weighted by molar-refractivity contribution is -0.138. The summed E-state index contributed by atoms with van der Waals surface area (Å²) in [6.45, 7) is 3.79. The molecule has 1 aromatic carbocycles. The fraction of sp³-hybridized carbons (Fsp3) is 0.600. The Hall–Kier alpha value is -2.47. The second-order valence-electron chi connectivity index (χ2n) is 9.74. The summed E-state index contributed by atoms with van der Waals surface area (Å²) >= 11 is 6.67. The predicted molar refractivity (Wildman–Crippen MR) is 142 cm³/mol. The molecule has 1 saturated carbocycles. The van der Waals surface area contributed by atoms with E-state index in [0.29, 0.717) is 56.5 Å². The molecule has 0 spiro atoms. The van der Waals surface area contributed by atoms with Crippen LogP contribution < -0.4 is 15.4 Å². The lowest BCUT2D eigenvalue weighted by atomic mass is 9.89. The van der Waals surface area contributed by atoms with E-state index in [-0.39, 0.29) is 33.3 Å². The molecule has 0 aliphatic heterocycles. The number of rotatable bonds is 10. The van der Waals surface area contributed by atoms with Crippen LogP contribution in [0, 0.1) is 5.92 Å². The number of amides is 1. The van der Waals surface area contributed by atoms with E-state index in [0.717, 1.165) is 6.92 Å². The first-order valence-corrected chi connectivity index (χ1v) is 14.8. The highest BCUT2D eigenvalue weighted by Crippen LogP contribution is 2.39. The zero-order chi connectivity index (χ0) is 28.3. The molecule has 1 heterocycles. The average Bonchev–Trinajstić information content (AvgIpc) is 3.17. The van der Waals surface area contributed by atoms with Gasteiger partial charge in [-0.3, -0.25) is 9.48 Å². The van der Waals surface area contributed by atoms with Crippen molar-refractivity contribution in [2.45, 2.75) is 70.0 Å². The summed E-state index contributed by atoms with van der Waals surface area (Å²) in [6.07, 6.45) is 0.0836. The number of carbonyl (C=O) groups is 1. The van der Waals surface area contributed by atoms with E-state index in [1.54, 1.807) is 10.7 Å². The molecular formula is C25H34ClF3N4O4S. The summed E-state index contributed by atoms with van der Waals surface area (Å²) in [6, 6.07) is 2.76. The van der Waals surface area contributed by atoms with Gasteiger partial charge in [-0.25, -0.2) is 8.42 Å². The summed E-state index contributed by atoms with van der Waals surface area (Å²) in [5.74, 6) is -0.0159. The molecule has 2 aromatic rings. The summed E-state index contributed by atoms with van der Waals surface area (Å²) < 4.78 is 69.6. The molecule has 1 aliphatic carbocycles. The largest absolute Gasteiger partial charge is 0.496 e. The van der Waals surface area contributed by atoms with Crippen molar-refractivity contribution in [2.24, 2.45) is 5.92 Å². The van der Waals surface area contributed by atoms with Crippen LogP contribution in [-0.2, 0) is 16.4 Å². The van der Waals surface area contributed by atoms with Crippen LogP contribution >= 0.6 is 11.6 Å². The Labute approximate surface area is 226 Å². The molecule has 13 heteroatoms. The monoisotopic (exact) mass is 578 g/mol. The normalized spacial score (nSPS) is 19.2. The number of nitrogens with zero attached hydrogens (tertiary/aromatic N) is 2. The van der Waals surface area contributed by atoms with Gasteiger partial charge < -0.3 is 15.4 Å². The number of alkyl halides is 3. The summed E-state index contributed by atoms with van der Waals surface area (Å²) in [5.41, 5.74) is 1.17. The highest BCUT2D eigenvalue weighted by atomic mass is 35.5. The fourth-order valence-electron chi connectivity index (χ4n) is 4.61. The van der Waals surface area contributed by atoms with Crippen molar-refractivity contribution in [3.05, 3.63) is 28.9 Å². The Morgan fingerprint density at radius 3 is 2.47 bits per heavy atom. The van der Waals surface area contributed by atoms with Crippen molar-refractivity contribution >= 4 is 33.0 Å². The smallest absolute Gasteiger partial charge is 0.408 e. The fourth-order valence-corrected chi connectivity index (χ4v) is 6.06. The Kier molecular flexibility index (Phi) is 9.62. The van der Waals surface area contributed by atoms with Crippen LogP contribution in [0.5, 0.6) is 5.75 Å². The molecule has 0 unspecified atom stereocenters. The molecule has 2 N–H and O–H groups in total. The number of hydrogen-bond donors (Lipinski definition) is 2. The maximum absolute atomic E-state index is 13.0. The molecule has 1 fully saturated rings. The molecule has 1 atom stereocenters. The maximum Gasteiger partial charge on any atom is 0.408 e. The van der Waals surface area contributed by atoms with Crippen LogP contribution in [0.2, 0.25) is 5.02 Å². The Balaban J connectivity index is 1.81. The van der Waals surface area contributed by atoms with Gasteiger partial charge in [-0.1, -0.05) is 18.5 Å². The van der Waals surface area contributed by atoms with Crippen molar-refractivity contribution in [3.63, 3.8) is 0 Å². The molecule has 1 amide bonds. The number of carbonyl (C=O) groups excluding carboxylic acids is 1. The molecule has 1 aliphatic rings. The van der Waals surface area contributed by atoms with Crippen LogP contribution in [0.1, 0.15) is 56.4 Å². The van der Waals surface area contributed by atoms with Gasteiger partial charge in [0.25, 0.3) is 5.91 Å². The van der Waals surface area contributed by atoms with Crippen molar-refractivity contribution in [3.8, 4) is 17.0 Å². The van der Waals surface area contributed by atoms with Gasteiger partial charge in [0.2, 0.25) is 0 Å². The minimum atomic E-state index is -4.41. The van der Waals surface area contributed by atoms with Gasteiger partial charge in [-0.05, 0) is 57.1 Å². The summed E-state index contributed by atoms with van der Waals surface area (Å²) in [7, 11) is -1.67. The van der Waals surface area contributed by atoms with E-state index in [9.17, 15) is 26.4 Å². The number of hydrogen-bond acceptors (Lipinski definition) is 6. The van der Waals surface area contributed by atoms with Crippen LogP contribution in [-0.4, -0.2) is 61.5 Å². The van der Waals surface area contributed by atoms with Gasteiger partial charge in [-0.2, -0.15) is 18.3 Å². The number of ether oxygens (including phenoxy) is 1. The molecule has 0 saturated heterocycles. The van der Waals surface area contributed by atoms with E-state index < -0.39 is 28.0 Å². The Morgan fingerprint density at radius 2 is 1.92 bits per heavy atom. The van der Waals surface area contributed by atoms with E-state index in [1.165, 1.54) is 25.5 Å². The average molecular weight is 579 g/mol. The maximum atomic E-state index is 13.0. The molecule has 1 aromatic heterocycles. The standard InChI is InChI=1S/C25H34ClF3N4O4S/c1-5-12-33-23(19-11-8-17(13-20(19)37-3)31-15(2)25(27,28)29)21(26)22(32-33)24(34)30-14-16-6-9-18(10-7-16)38(4,35)36/h8,11,13,15-16,18,31H,5-7,9-10,12,14H2,1-4H3,(H,30,34)/t15-,16?,18?/m1/s1. The highest BCUT2D eigenvalue weighted by molar-refractivity contribution is 7.91. The molecule has 212 valence electrons. The zero-order valence-electron chi connectivity index (χ0n) is 21.9. The van der Waals surface area contributed by atoms with Crippen LogP contribution in [0.25, 0.3) is 11.3 Å². The number of nitrogens with one attached hydrogen (secondary N) is 2. The quantitative estimate of drug-likeness (QED) is 0.396. The molecule has 8 nitrogen and oxygen atoms in total. The number of halogens is 4. The number of sulfone groups is 1. The molecular weight excluding hydrogens is 545 g/mol. The third-order valence-corrected chi connectivity index (χ3v) is 8.87. The van der Waals surface area contributed by atoms with Gasteiger partial charge in [0.1, 0.15) is 21.6 Å². The molecule has 0 bridgehead atoms. The van der Waals surface area contributed by atoms with Crippen LogP contribution in [0.3, 0.4) is 0 Å². The van der Waals surface area contributed by atoms with E-state index in [4.69, 9.17) is 16.3 Å². The number of aromatic nitrogens is 2. The van der Waals surface area contributed by atoms with E-state index in [2.05, 4.69) is 15.7 Å². The number of aryl methyl sites for hydroxylation is 1. The lowest BCUT2D eigenvalue weighted by Gasteiger charge is -2.27. The Morgan fingerprint density at radius 1 is 1.26 bits per heavy atom. The van der Waals surface area contributed by atoms with Gasteiger partial charge in [-0.15, -0.1) is 0 Å². The SMILES string of the molecule is CCCn1nc(C(=O)NCC2CCC(S(C)(=O)=O)CC2)c(Cl)c1-c1ccc(N[C@H](C)C(F)(F)F)cc1OC. The summed E-state index contributed by atoms with van der Waals surface area (Å²) in [5, 5.41) is 9.51. The van der Waals surface area contributed by atoms with Crippen molar-refractivity contribution in [1.82, 2.24) is 15.1 Å². The number of benzene rings is 1. The van der Waals surface area contributed by atoms with E-state index in [1.807, 2.05) is 6.92 Å².